The molecule has 0 saturated heterocycles. The average molecular weight is 371 g/mol. The van der Waals surface area contributed by atoms with Crippen LogP contribution >= 0.6 is 0 Å². The summed E-state index contributed by atoms with van der Waals surface area (Å²) < 4.78 is 76.7. The largest absolute Gasteiger partial charge is 0.480 e. The number of rotatable bonds is 5. The standard InChI is InChI=1S/C15H15F6NO3/c1-3-7(2)11(13(24)25)22-12(23)8-4-9(14(16,17)18)6-10(5-8)15(19,20)21/h4-7,11H,3H2,1-2H3,(H,22,23)(H,24,25)/t7-,11+/m0/s1. The molecule has 0 aliphatic carbocycles. The molecule has 1 amide bonds. The van der Waals surface area contributed by atoms with E-state index < -0.39 is 52.9 Å². The second-order valence-electron chi connectivity index (χ2n) is 5.47. The number of amides is 1. The maximum absolute atomic E-state index is 12.8. The Morgan fingerprint density at radius 3 is 1.80 bits per heavy atom. The van der Waals surface area contributed by atoms with Crippen LogP contribution in [0.25, 0.3) is 0 Å². The number of carbonyl (C=O) groups is 2. The number of hydrogen-bond acceptors (Lipinski definition) is 2. The molecule has 1 aromatic carbocycles. The zero-order valence-corrected chi connectivity index (χ0v) is 13.1. The summed E-state index contributed by atoms with van der Waals surface area (Å²) in [7, 11) is 0. The number of hydrogen-bond donors (Lipinski definition) is 2. The molecule has 0 spiro atoms. The summed E-state index contributed by atoms with van der Waals surface area (Å²) in [6, 6.07) is -1.05. The number of carbonyl (C=O) groups excluding carboxylic acids is 1. The van der Waals surface area contributed by atoms with Crippen molar-refractivity contribution in [2.24, 2.45) is 5.92 Å². The molecule has 0 aliphatic heterocycles. The van der Waals surface area contributed by atoms with Crippen LogP contribution in [-0.4, -0.2) is 23.0 Å². The van der Waals surface area contributed by atoms with E-state index in [0.717, 1.165) is 0 Å². The highest BCUT2D eigenvalue weighted by Crippen LogP contribution is 2.36. The van der Waals surface area contributed by atoms with E-state index in [-0.39, 0.29) is 18.2 Å². The zero-order valence-electron chi connectivity index (χ0n) is 13.1. The van der Waals surface area contributed by atoms with Gasteiger partial charge in [-0.2, -0.15) is 26.3 Å². The van der Waals surface area contributed by atoms with Crippen LogP contribution in [0.4, 0.5) is 26.3 Å². The number of carboxylic acids is 1. The SMILES string of the molecule is CC[C@H](C)[C@@H](NC(=O)c1cc(C(F)(F)F)cc(C(F)(F)F)c1)C(=O)O. The quantitative estimate of drug-likeness (QED) is 0.771. The minimum absolute atomic E-state index is 0.111. The lowest BCUT2D eigenvalue weighted by Gasteiger charge is -2.21. The molecule has 0 fully saturated rings. The molecule has 25 heavy (non-hydrogen) atoms. The van der Waals surface area contributed by atoms with E-state index in [1.807, 2.05) is 5.32 Å². The van der Waals surface area contributed by atoms with Gasteiger partial charge in [-0.15, -0.1) is 0 Å². The van der Waals surface area contributed by atoms with Gasteiger partial charge in [-0.25, -0.2) is 4.79 Å². The summed E-state index contributed by atoms with van der Waals surface area (Å²) in [6.45, 7) is 3.10. The van der Waals surface area contributed by atoms with Crippen LogP contribution in [0.2, 0.25) is 0 Å². The molecule has 0 radical (unpaired) electrons. The zero-order chi connectivity index (χ0) is 19.6. The Morgan fingerprint density at radius 1 is 1.04 bits per heavy atom. The molecule has 4 nitrogen and oxygen atoms in total. The molecule has 10 heteroatoms. The van der Waals surface area contributed by atoms with Crippen molar-refractivity contribution in [2.75, 3.05) is 0 Å². The van der Waals surface area contributed by atoms with Gasteiger partial charge in [-0.05, 0) is 24.1 Å². The Labute approximate surface area is 138 Å². The Balaban J connectivity index is 3.31. The lowest BCUT2D eigenvalue weighted by Crippen LogP contribution is -2.45. The van der Waals surface area contributed by atoms with Gasteiger partial charge in [0.2, 0.25) is 0 Å². The lowest BCUT2D eigenvalue weighted by atomic mass is 9.98. The first-order chi connectivity index (χ1) is 11.3. The first-order valence-corrected chi connectivity index (χ1v) is 7.10. The number of alkyl halides is 6. The Morgan fingerprint density at radius 2 is 1.48 bits per heavy atom. The third-order valence-electron chi connectivity index (χ3n) is 3.62. The van der Waals surface area contributed by atoms with Gasteiger partial charge in [0, 0.05) is 5.56 Å². The fourth-order valence-electron chi connectivity index (χ4n) is 1.99. The van der Waals surface area contributed by atoms with Crippen LogP contribution in [0.1, 0.15) is 41.8 Å². The monoisotopic (exact) mass is 371 g/mol. The van der Waals surface area contributed by atoms with Crippen molar-refractivity contribution in [1.82, 2.24) is 5.32 Å². The number of halogens is 6. The van der Waals surface area contributed by atoms with E-state index in [2.05, 4.69) is 0 Å². The predicted molar refractivity (Wildman–Crippen MR) is 74.8 cm³/mol. The fourth-order valence-corrected chi connectivity index (χ4v) is 1.99. The van der Waals surface area contributed by atoms with E-state index in [1.54, 1.807) is 6.92 Å². The molecular weight excluding hydrogens is 356 g/mol. The second kappa shape index (κ2) is 7.32. The number of nitrogens with one attached hydrogen (secondary N) is 1. The van der Waals surface area contributed by atoms with Crippen molar-refractivity contribution in [3.63, 3.8) is 0 Å². The molecule has 140 valence electrons. The first-order valence-electron chi connectivity index (χ1n) is 7.10. The van der Waals surface area contributed by atoms with Crippen molar-refractivity contribution in [3.8, 4) is 0 Å². The van der Waals surface area contributed by atoms with Gasteiger partial charge in [-0.3, -0.25) is 4.79 Å². The van der Waals surface area contributed by atoms with Gasteiger partial charge in [0.1, 0.15) is 6.04 Å². The summed E-state index contributed by atoms with van der Waals surface area (Å²) in [5, 5.41) is 11.0. The summed E-state index contributed by atoms with van der Waals surface area (Å²) in [5.74, 6) is -3.34. The van der Waals surface area contributed by atoms with Gasteiger partial charge in [0.15, 0.2) is 0 Å². The van der Waals surface area contributed by atoms with Crippen molar-refractivity contribution < 1.29 is 41.0 Å². The van der Waals surface area contributed by atoms with Crippen molar-refractivity contribution in [1.29, 1.82) is 0 Å². The van der Waals surface area contributed by atoms with Crippen LogP contribution in [0.5, 0.6) is 0 Å². The van der Waals surface area contributed by atoms with E-state index in [1.165, 1.54) is 6.92 Å². The van der Waals surface area contributed by atoms with Gasteiger partial charge < -0.3 is 10.4 Å². The summed E-state index contributed by atoms with van der Waals surface area (Å²) >= 11 is 0. The highest BCUT2D eigenvalue weighted by Gasteiger charge is 2.38. The highest BCUT2D eigenvalue weighted by atomic mass is 19.4. The van der Waals surface area contributed by atoms with Crippen molar-refractivity contribution in [2.45, 2.75) is 38.7 Å². The second-order valence-corrected chi connectivity index (χ2v) is 5.47. The van der Waals surface area contributed by atoms with Crippen LogP contribution < -0.4 is 5.32 Å². The topological polar surface area (TPSA) is 66.4 Å². The van der Waals surface area contributed by atoms with Gasteiger partial charge in [0.25, 0.3) is 5.91 Å². The van der Waals surface area contributed by atoms with E-state index >= 15 is 0 Å². The first kappa shape index (κ1) is 20.8. The predicted octanol–water partition coefficient (Wildman–Crippen LogP) is 3.95. The number of aliphatic carboxylic acids is 1. The molecular formula is C15H15F6NO3. The van der Waals surface area contributed by atoms with E-state index in [0.29, 0.717) is 6.42 Å². The Kier molecular flexibility index (Phi) is 6.09. The van der Waals surface area contributed by atoms with E-state index in [9.17, 15) is 35.9 Å². The molecule has 2 atom stereocenters. The minimum Gasteiger partial charge on any atom is -0.480 e. The Bertz CT molecular complexity index is 621. The van der Waals surface area contributed by atoms with Crippen LogP contribution in [-0.2, 0) is 17.1 Å². The summed E-state index contributed by atoms with van der Waals surface area (Å²) in [4.78, 5) is 23.2. The van der Waals surface area contributed by atoms with Crippen molar-refractivity contribution in [3.05, 3.63) is 34.9 Å². The molecule has 0 unspecified atom stereocenters. The normalized spacial score (nSPS) is 14.7. The molecule has 2 N–H and O–H groups in total. The maximum Gasteiger partial charge on any atom is 0.416 e. The molecule has 0 aromatic heterocycles. The third-order valence-corrected chi connectivity index (χ3v) is 3.62. The molecule has 1 rings (SSSR count). The summed E-state index contributed by atoms with van der Waals surface area (Å²) in [5.41, 5.74) is -4.22. The van der Waals surface area contributed by atoms with Crippen LogP contribution in [0.15, 0.2) is 18.2 Å². The van der Waals surface area contributed by atoms with Gasteiger partial charge in [0.05, 0.1) is 11.1 Å². The maximum atomic E-state index is 12.8. The van der Waals surface area contributed by atoms with Crippen LogP contribution in [0, 0.1) is 5.92 Å². The molecule has 0 saturated carbocycles. The van der Waals surface area contributed by atoms with E-state index in [4.69, 9.17) is 5.11 Å². The summed E-state index contributed by atoms with van der Waals surface area (Å²) in [6.07, 6.45) is -9.87. The molecule has 1 aromatic rings. The Hall–Kier alpha value is -2.26. The van der Waals surface area contributed by atoms with Gasteiger partial charge >= 0.3 is 18.3 Å². The smallest absolute Gasteiger partial charge is 0.416 e. The number of carboxylic acid groups (broad SMARTS) is 1. The number of benzene rings is 1. The average Bonchev–Trinajstić information content (AvgIpc) is 2.49. The third kappa shape index (κ3) is 5.36. The molecule has 0 bridgehead atoms. The van der Waals surface area contributed by atoms with Gasteiger partial charge in [-0.1, -0.05) is 20.3 Å². The lowest BCUT2D eigenvalue weighted by molar-refractivity contribution is -0.143. The van der Waals surface area contributed by atoms with Crippen molar-refractivity contribution >= 4 is 11.9 Å². The minimum atomic E-state index is -5.10. The highest BCUT2D eigenvalue weighted by molar-refractivity contribution is 5.97. The fraction of sp³-hybridized carbons (Fsp3) is 0.467. The van der Waals surface area contributed by atoms with Crippen LogP contribution in [0.3, 0.4) is 0 Å². The molecule has 0 heterocycles. The molecule has 0 aliphatic rings.